The Morgan fingerprint density at radius 2 is 1.91 bits per heavy atom. The number of benzene rings is 1. The molecular formula is C22H32N4O5S. The number of ether oxygens (including phenoxy) is 1. The van der Waals surface area contributed by atoms with Crippen LogP contribution in [0.4, 0.5) is 5.69 Å². The van der Waals surface area contributed by atoms with E-state index in [1.54, 1.807) is 13.0 Å². The molecule has 0 bridgehead atoms. The van der Waals surface area contributed by atoms with Crippen molar-refractivity contribution in [2.24, 2.45) is 5.92 Å². The second-order valence-electron chi connectivity index (χ2n) is 8.95. The minimum absolute atomic E-state index is 0.0528. The van der Waals surface area contributed by atoms with Crippen LogP contribution in [0.1, 0.15) is 31.7 Å². The minimum Gasteiger partial charge on any atom is -0.478 e. The van der Waals surface area contributed by atoms with Crippen molar-refractivity contribution in [3.05, 3.63) is 17.7 Å². The smallest absolute Gasteiger partial charge is 0.265 e. The van der Waals surface area contributed by atoms with Crippen LogP contribution < -0.4 is 10.1 Å². The molecule has 1 aromatic carbocycles. The van der Waals surface area contributed by atoms with E-state index in [9.17, 15) is 18.0 Å². The second-order valence-corrected chi connectivity index (χ2v) is 10.9. The molecule has 2 saturated heterocycles. The van der Waals surface area contributed by atoms with E-state index in [2.05, 4.69) is 10.2 Å². The molecule has 0 aliphatic carbocycles. The lowest BCUT2D eigenvalue weighted by atomic mass is 9.98. The SMILES string of the molecule is CC[C@@H]1Oc2cc(S(=O)(=O)N3CCC[C@H](C(=O)N4CCN(C)CC4)C3)c(C)cc2NC1=O. The molecule has 0 spiro atoms. The standard InChI is InChI=1S/C22H32N4O5S/c1-4-18-21(27)23-17-12-15(2)20(13-19(17)31-18)32(29,30)26-7-5-6-16(14-26)22(28)25-10-8-24(3)9-11-25/h12-13,16,18H,4-11,14H2,1-3H3,(H,23,27)/t16-,18-/m0/s1. The predicted octanol–water partition coefficient (Wildman–Crippen LogP) is 1.28. The third kappa shape index (κ3) is 4.35. The van der Waals surface area contributed by atoms with Crippen LogP contribution in [0.5, 0.6) is 5.75 Å². The zero-order valence-electron chi connectivity index (χ0n) is 19.0. The van der Waals surface area contributed by atoms with Gasteiger partial charge in [0.2, 0.25) is 15.9 Å². The van der Waals surface area contributed by atoms with Crippen molar-refractivity contribution >= 4 is 27.5 Å². The van der Waals surface area contributed by atoms with Gasteiger partial charge in [-0.2, -0.15) is 4.31 Å². The number of sulfonamides is 1. The van der Waals surface area contributed by atoms with Crippen LogP contribution in [-0.2, 0) is 19.6 Å². The van der Waals surface area contributed by atoms with E-state index >= 15 is 0 Å². The van der Waals surface area contributed by atoms with E-state index < -0.39 is 16.1 Å². The fourth-order valence-corrected chi connectivity index (χ4v) is 6.36. The van der Waals surface area contributed by atoms with Crippen molar-refractivity contribution in [1.82, 2.24) is 14.1 Å². The summed E-state index contributed by atoms with van der Waals surface area (Å²) in [4.78, 5) is 29.3. The molecule has 32 heavy (non-hydrogen) atoms. The number of piperazine rings is 1. The summed E-state index contributed by atoms with van der Waals surface area (Å²) in [6, 6.07) is 3.15. The summed E-state index contributed by atoms with van der Waals surface area (Å²) < 4.78 is 34.3. The Bertz CT molecular complexity index is 1000. The van der Waals surface area contributed by atoms with Crippen molar-refractivity contribution < 1.29 is 22.7 Å². The Morgan fingerprint density at radius 1 is 1.19 bits per heavy atom. The normalized spacial score (nSPS) is 25.1. The highest BCUT2D eigenvalue weighted by molar-refractivity contribution is 7.89. The summed E-state index contributed by atoms with van der Waals surface area (Å²) in [5.41, 5.74) is 1.02. The van der Waals surface area contributed by atoms with Crippen LogP contribution in [0, 0.1) is 12.8 Å². The van der Waals surface area contributed by atoms with Gasteiger partial charge in [0.15, 0.2) is 6.10 Å². The molecule has 0 saturated carbocycles. The number of aryl methyl sites for hydroxylation is 1. The van der Waals surface area contributed by atoms with E-state index in [0.29, 0.717) is 55.9 Å². The third-order valence-electron chi connectivity index (χ3n) is 6.63. The van der Waals surface area contributed by atoms with Crippen LogP contribution in [0.3, 0.4) is 0 Å². The van der Waals surface area contributed by atoms with Crippen molar-refractivity contribution in [3.8, 4) is 5.75 Å². The molecule has 10 heteroatoms. The van der Waals surface area contributed by atoms with Gasteiger partial charge in [0.1, 0.15) is 5.75 Å². The van der Waals surface area contributed by atoms with Crippen molar-refractivity contribution in [1.29, 1.82) is 0 Å². The number of nitrogens with zero attached hydrogens (tertiary/aromatic N) is 3. The number of rotatable bonds is 4. The predicted molar refractivity (Wildman–Crippen MR) is 120 cm³/mol. The highest BCUT2D eigenvalue weighted by atomic mass is 32.2. The molecule has 0 unspecified atom stereocenters. The summed E-state index contributed by atoms with van der Waals surface area (Å²) >= 11 is 0. The van der Waals surface area contributed by atoms with Gasteiger partial charge in [-0.25, -0.2) is 8.42 Å². The maximum Gasteiger partial charge on any atom is 0.265 e. The van der Waals surface area contributed by atoms with Gasteiger partial charge in [0, 0.05) is 45.3 Å². The fraction of sp³-hybridized carbons (Fsp3) is 0.636. The Kier molecular flexibility index (Phi) is 6.46. The van der Waals surface area contributed by atoms with Crippen LogP contribution in [-0.4, -0.2) is 86.8 Å². The van der Waals surface area contributed by atoms with E-state index in [0.717, 1.165) is 13.1 Å². The molecule has 2 atom stereocenters. The first-order valence-electron chi connectivity index (χ1n) is 11.3. The van der Waals surface area contributed by atoms with Crippen molar-refractivity contribution in [3.63, 3.8) is 0 Å². The summed E-state index contributed by atoms with van der Waals surface area (Å²) in [7, 11) is -1.77. The van der Waals surface area contributed by atoms with Gasteiger partial charge >= 0.3 is 0 Å². The lowest BCUT2D eigenvalue weighted by Crippen LogP contribution is -2.52. The molecule has 3 aliphatic rings. The molecule has 0 aromatic heterocycles. The Labute approximate surface area is 189 Å². The molecule has 4 rings (SSSR count). The van der Waals surface area contributed by atoms with Crippen molar-refractivity contribution in [2.75, 3.05) is 51.6 Å². The molecule has 9 nitrogen and oxygen atoms in total. The van der Waals surface area contributed by atoms with Crippen LogP contribution >= 0.6 is 0 Å². The lowest BCUT2D eigenvalue weighted by molar-refractivity contribution is -0.138. The number of fused-ring (bicyclic) bond motifs is 1. The number of amides is 2. The van der Waals surface area contributed by atoms with E-state index in [4.69, 9.17) is 4.74 Å². The Hall–Kier alpha value is -2.17. The third-order valence-corrected chi connectivity index (χ3v) is 8.64. The summed E-state index contributed by atoms with van der Waals surface area (Å²) in [6.45, 7) is 7.18. The van der Waals surface area contributed by atoms with Gasteiger partial charge in [0.25, 0.3) is 5.91 Å². The molecule has 3 aliphatic heterocycles. The van der Waals surface area contributed by atoms with Gasteiger partial charge < -0.3 is 19.9 Å². The average Bonchev–Trinajstić information content (AvgIpc) is 2.78. The largest absolute Gasteiger partial charge is 0.478 e. The van der Waals surface area contributed by atoms with Gasteiger partial charge in [-0.3, -0.25) is 9.59 Å². The quantitative estimate of drug-likeness (QED) is 0.721. The number of likely N-dealkylation sites (N-methyl/N-ethyl adjacent to an activating group) is 1. The number of carbonyl (C=O) groups is 2. The van der Waals surface area contributed by atoms with Gasteiger partial charge in [-0.1, -0.05) is 6.92 Å². The molecule has 0 radical (unpaired) electrons. The van der Waals surface area contributed by atoms with Gasteiger partial charge in [-0.05, 0) is 44.9 Å². The number of anilines is 1. The summed E-state index contributed by atoms with van der Waals surface area (Å²) in [5, 5.41) is 2.80. The highest BCUT2D eigenvalue weighted by Gasteiger charge is 2.37. The van der Waals surface area contributed by atoms with Gasteiger partial charge in [-0.15, -0.1) is 0 Å². The minimum atomic E-state index is -3.81. The van der Waals surface area contributed by atoms with E-state index in [-0.39, 0.29) is 29.2 Å². The first-order chi connectivity index (χ1) is 15.2. The molecule has 3 heterocycles. The topological polar surface area (TPSA) is 99.3 Å². The number of nitrogens with one attached hydrogen (secondary N) is 1. The number of hydrogen-bond acceptors (Lipinski definition) is 6. The van der Waals surface area contributed by atoms with E-state index in [1.807, 2.05) is 18.9 Å². The molecule has 1 aromatic rings. The second kappa shape index (κ2) is 8.99. The van der Waals surface area contributed by atoms with Crippen LogP contribution in [0.2, 0.25) is 0 Å². The van der Waals surface area contributed by atoms with Gasteiger partial charge in [0.05, 0.1) is 16.5 Å². The zero-order valence-corrected chi connectivity index (χ0v) is 19.8. The maximum atomic E-state index is 13.5. The average molecular weight is 465 g/mol. The number of piperidine rings is 1. The monoisotopic (exact) mass is 464 g/mol. The number of carbonyl (C=O) groups excluding carboxylic acids is 2. The molecule has 2 amide bonds. The molecular weight excluding hydrogens is 432 g/mol. The molecule has 2 fully saturated rings. The lowest BCUT2D eigenvalue weighted by Gasteiger charge is -2.37. The van der Waals surface area contributed by atoms with Crippen LogP contribution in [0.25, 0.3) is 0 Å². The Balaban J connectivity index is 1.54. The molecule has 1 N–H and O–H groups in total. The zero-order chi connectivity index (χ0) is 23.0. The first kappa shape index (κ1) is 23.0. The Morgan fingerprint density at radius 3 is 2.59 bits per heavy atom. The summed E-state index contributed by atoms with van der Waals surface area (Å²) in [5.74, 6) is -0.129. The summed E-state index contributed by atoms with van der Waals surface area (Å²) in [6.07, 6.45) is 1.20. The van der Waals surface area contributed by atoms with Crippen molar-refractivity contribution in [2.45, 2.75) is 44.1 Å². The number of hydrogen-bond donors (Lipinski definition) is 1. The fourth-order valence-electron chi connectivity index (χ4n) is 4.62. The van der Waals surface area contributed by atoms with Crippen LogP contribution in [0.15, 0.2) is 17.0 Å². The van der Waals surface area contributed by atoms with E-state index in [1.165, 1.54) is 10.4 Å². The molecule has 176 valence electrons. The first-order valence-corrected chi connectivity index (χ1v) is 12.7. The maximum absolute atomic E-state index is 13.5. The highest BCUT2D eigenvalue weighted by Crippen LogP contribution is 2.36.